The van der Waals surface area contributed by atoms with Gasteiger partial charge in [-0.15, -0.1) is 0 Å². The van der Waals surface area contributed by atoms with Gasteiger partial charge >= 0.3 is 0 Å². The number of rotatable bonds is 2. The first-order valence-corrected chi connectivity index (χ1v) is 9.96. The number of aliphatic hydroxyl groups excluding tert-OH is 1. The topological polar surface area (TPSA) is 67.6 Å². The molecule has 1 aromatic carbocycles. The Bertz CT molecular complexity index is 759. The second-order valence-electron chi connectivity index (χ2n) is 8.26. The van der Waals surface area contributed by atoms with Crippen LogP contribution in [0.1, 0.15) is 50.5 Å². The van der Waals surface area contributed by atoms with E-state index in [2.05, 4.69) is 4.90 Å². The van der Waals surface area contributed by atoms with Crippen molar-refractivity contribution >= 4 is 11.6 Å². The van der Waals surface area contributed by atoms with Crippen molar-refractivity contribution in [1.82, 2.24) is 4.90 Å². The minimum Gasteiger partial charge on any atom is -0.393 e. The molecule has 144 valence electrons. The largest absolute Gasteiger partial charge is 0.393 e. The molecule has 2 heterocycles. The summed E-state index contributed by atoms with van der Waals surface area (Å²) in [5.74, 6) is -0.103. The molecule has 3 fully saturated rings. The lowest BCUT2D eigenvalue weighted by molar-refractivity contribution is -0.139. The van der Waals surface area contributed by atoms with Crippen molar-refractivity contribution in [2.24, 2.45) is 5.41 Å². The van der Waals surface area contributed by atoms with Crippen LogP contribution in [0.5, 0.6) is 0 Å². The van der Waals surface area contributed by atoms with Crippen LogP contribution in [0.2, 0.25) is 0 Å². The zero-order valence-corrected chi connectivity index (χ0v) is 15.5. The highest BCUT2D eigenvalue weighted by Crippen LogP contribution is 2.44. The van der Waals surface area contributed by atoms with Gasteiger partial charge in [0.25, 0.3) is 0 Å². The molecular formula is C21H26FN3O2. The van der Waals surface area contributed by atoms with Crippen LogP contribution < -0.4 is 4.90 Å². The highest BCUT2D eigenvalue weighted by atomic mass is 19.1. The second kappa shape index (κ2) is 7.12. The van der Waals surface area contributed by atoms with Gasteiger partial charge in [0, 0.05) is 25.7 Å². The van der Waals surface area contributed by atoms with Crippen LogP contribution in [-0.4, -0.2) is 47.7 Å². The number of anilines is 1. The lowest BCUT2D eigenvalue weighted by Crippen LogP contribution is -2.47. The third-order valence-corrected chi connectivity index (χ3v) is 6.79. The van der Waals surface area contributed by atoms with Gasteiger partial charge in [-0.1, -0.05) is 0 Å². The number of carbonyl (C=O) groups excluding carboxylic acids is 1. The molecule has 1 spiro atoms. The smallest absolute Gasteiger partial charge is 0.229 e. The molecule has 2 aliphatic heterocycles. The van der Waals surface area contributed by atoms with Gasteiger partial charge in [-0.25, -0.2) is 4.39 Å². The molecule has 0 atom stereocenters. The van der Waals surface area contributed by atoms with Gasteiger partial charge in [-0.05, 0) is 63.1 Å². The molecule has 1 N–H and O–H groups in total. The van der Waals surface area contributed by atoms with Gasteiger partial charge in [0.05, 0.1) is 28.8 Å². The quantitative estimate of drug-likeness (QED) is 0.868. The minimum atomic E-state index is -0.370. The number of likely N-dealkylation sites (tertiary alicyclic amines) is 1. The number of nitrogens with zero attached hydrogens (tertiary/aromatic N) is 3. The maximum absolute atomic E-state index is 14.3. The number of carbonyl (C=O) groups is 1. The van der Waals surface area contributed by atoms with E-state index in [-0.39, 0.29) is 29.3 Å². The summed E-state index contributed by atoms with van der Waals surface area (Å²) in [7, 11) is 0. The van der Waals surface area contributed by atoms with E-state index in [9.17, 15) is 14.3 Å². The number of aliphatic hydroxyl groups is 1. The van der Waals surface area contributed by atoms with Crippen molar-refractivity contribution in [3.8, 4) is 6.07 Å². The van der Waals surface area contributed by atoms with Gasteiger partial charge in [0.2, 0.25) is 5.91 Å². The second-order valence-corrected chi connectivity index (χ2v) is 8.26. The van der Waals surface area contributed by atoms with Crippen LogP contribution in [0.3, 0.4) is 0 Å². The highest BCUT2D eigenvalue weighted by Gasteiger charge is 2.50. The first kappa shape index (κ1) is 18.2. The van der Waals surface area contributed by atoms with E-state index in [1.165, 1.54) is 6.07 Å². The lowest BCUT2D eigenvalue weighted by Gasteiger charge is -2.40. The fraction of sp³-hybridized carbons (Fsp3) is 0.619. The Morgan fingerprint density at radius 2 is 1.78 bits per heavy atom. The molecule has 2 saturated heterocycles. The van der Waals surface area contributed by atoms with E-state index in [0.29, 0.717) is 24.3 Å². The van der Waals surface area contributed by atoms with Crippen LogP contribution in [-0.2, 0) is 4.79 Å². The molecule has 1 saturated carbocycles. The number of hydrogen-bond donors (Lipinski definition) is 1. The zero-order chi connectivity index (χ0) is 19.0. The van der Waals surface area contributed by atoms with Gasteiger partial charge in [-0.2, -0.15) is 5.26 Å². The average Bonchev–Trinajstić information content (AvgIpc) is 2.99. The molecule has 0 unspecified atom stereocenters. The summed E-state index contributed by atoms with van der Waals surface area (Å²) >= 11 is 0. The number of halogens is 1. The maximum Gasteiger partial charge on any atom is 0.229 e. The summed E-state index contributed by atoms with van der Waals surface area (Å²) in [6.07, 6.45) is 5.53. The fourth-order valence-corrected chi connectivity index (χ4v) is 5.04. The summed E-state index contributed by atoms with van der Waals surface area (Å²) < 4.78 is 14.3. The summed E-state index contributed by atoms with van der Waals surface area (Å²) in [4.78, 5) is 17.2. The Hall–Kier alpha value is -2.13. The third-order valence-electron chi connectivity index (χ3n) is 6.79. The molecule has 0 aromatic heterocycles. The summed E-state index contributed by atoms with van der Waals surface area (Å²) in [5.41, 5.74) is 0.548. The molecule has 27 heavy (non-hydrogen) atoms. The van der Waals surface area contributed by atoms with E-state index in [1.54, 1.807) is 12.1 Å². The van der Waals surface area contributed by atoms with Crippen molar-refractivity contribution in [2.75, 3.05) is 24.5 Å². The van der Waals surface area contributed by atoms with Crippen LogP contribution in [0.4, 0.5) is 10.1 Å². The van der Waals surface area contributed by atoms with Gasteiger partial charge in [0.1, 0.15) is 5.82 Å². The maximum atomic E-state index is 14.3. The summed E-state index contributed by atoms with van der Waals surface area (Å²) in [6, 6.07) is 6.82. The van der Waals surface area contributed by atoms with Crippen molar-refractivity contribution in [2.45, 2.75) is 57.1 Å². The average molecular weight is 371 g/mol. The Morgan fingerprint density at radius 3 is 2.41 bits per heavy atom. The Balaban J connectivity index is 1.41. The Labute approximate surface area is 159 Å². The van der Waals surface area contributed by atoms with Crippen molar-refractivity contribution in [3.63, 3.8) is 0 Å². The van der Waals surface area contributed by atoms with Crippen molar-refractivity contribution in [3.05, 3.63) is 29.6 Å². The van der Waals surface area contributed by atoms with E-state index in [0.717, 1.165) is 51.5 Å². The molecule has 1 aliphatic carbocycles. The number of nitriles is 1. The van der Waals surface area contributed by atoms with Gasteiger partial charge in [0.15, 0.2) is 0 Å². The summed E-state index contributed by atoms with van der Waals surface area (Å²) in [6.45, 7) is 2.13. The predicted octanol–water partition coefficient (Wildman–Crippen LogP) is 2.82. The Morgan fingerprint density at radius 1 is 1.11 bits per heavy atom. The molecule has 4 rings (SSSR count). The molecule has 3 aliphatic rings. The highest BCUT2D eigenvalue weighted by molar-refractivity contribution is 5.85. The normalized spacial score (nSPS) is 27.8. The zero-order valence-electron chi connectivity index (χ0n) is 15.5. The molecule has 6 heteroatoms. The third kappa shape index (κ3) is 3.29. The number of piperidine rings is 1. The molecule has 0 radical (unpaired) electrons. The van der Waals surface area contributed by atoms with Gasteiger partial charge < -0.3 is 14.9 Å². The predicted molar refractivity (Wildman–Crippen MR) is 99.6 cm³/mol. The molecule has 1 aromatic rings. The minimum absolute atomic E-state index is 0.210. The number of hydrogen-bond acceptors (Lipinski definition) is 4. The van der Waals surface area contributed by atoms with Crippen molar-refractivity contribution < 1.29 is 14.3 Å². The van der Waals surface area contributed by atoms with Gasteiger partial charge in [-0.3, -0.25) is 4.79 Å². The van der Waals surface area contributed by atoms with E-state index in [1.807, 2.05) is 11.0 Å². The number of benzene rings is 1. The number of amides is 1. The van der Waals surface area contributed by atoms with Crippen LogP contribution in [0.15, 0.2) is 18.2 Å². The van der Waals surface area contributed by atoms with Crippen LogP contribution in [0, 0.1) is 22.6 Å². The van der Waals surface area contributed by atoms with E-state index >= 15 is 0 Å². The molecular weight excluding hydrogens is 345 g/mol. The molecule has 1 amide bonds. The standard InChI is InChI=1S/C21H26FN3O2/c22-18-13-15(14-23)1-6-19(18)24-10-7-21(8-11-24)9-12-25(20(21)27)16-2-4-17(26)5-3-16/h1,6,13,16-17,26H,2-5,7-12H2/t16-,17-. The lowest BCUT2D eigenvalue weighted by atomic mass is 9.77. The SMILES string of the molecule is N#Cc1ccc(N2CCC3(CC2)CCN([C@H]2CC[C@H](O)CC2)C3=O)c(F)c1. The van der Waals surface area contributed by atoms with E-state index < -0.39 is 0 Å². The first-order chi connectivity index (χ1) is 13.0. The summed E-state index contributed by atoms with van der Waals surface area (Å²) in [5, 5.41) is 18.6. The van der Waals surface area contributed by atoms with Crippen molar-refractivity contribution in [1.29, 1.82) is 5.26 Å². The fourth-order valence-electron chi connectivity index (χ4n) is 5.04. The Kier molecular flexibility index (Phi) is 4.81. The molecule has 5 nitrogen and oxygen atoms in total. The first-order valence-electron chi connectivity index (χ1n) is 9.96. The molecule has 0 bridgehead atoms. The van der Waals surface area contributed by atoms with Crippen LogP contribution in [0.25, 0.3) is 0 Å². The van der Waals surface area contributed by atoms with Crippen LogP contribution >= 0.6 is 0 Å². The van der Waals surface area contributed by atoms with E-state index in [4.69, 9.17) is 5.26 Å². The monoisotopic (exact) mass is 371 g/mol.